The number of hydrogen-bond acceptors (Lipinski definition) is 4. The zero-order valence-electron chi connectivity index (χ0n) is 15.9. The molecule has 1 amide bonds. The first-order valence-corrected chi connectivity index (χ1v) is 10.6. The smallest absolute Gasteiger partial charge is 0.387 e. The van der Waals surface area contributed by atoms with E-state index in [4.69, 9.17) is 0 Å². The molecule has 0 spiro atoms. The van der Waals surface area contributed by atoms with E-state index in [1.54, 1.807) is 29.2 Å². The Bertz CT molecular complexity index is 947. The van der Waals surface area contributed by atoms with Crippen LogP contribution >= 0.6 is 0 Å². The maximum Gasteiger partial charge on any atom is 0.387 e. The number of ether oxygens (including phenoxy) is 1. The van der Waals surface area contributed by atoms with E-state index in [9.17, 15) is 22.0 Å². The summed E-state index contributed by atoms with van der Waals surface area (Å²) in [4.78, 5) is 14.5. The summed E-state index contributed by atoms with van der Waals surface area (Å²) in [6.45, 7) is 0.129. The average molecular weight is 424 g/mol. The Morgan fingerprint density at radius 1 is 0.966 bits per heavy atom. The highest BCUT2D eigenvalue weighted by molar-refractivity contribution is 7.89. The number of carbonyl (C=O) groups is 1. The Morgan fingerprint density at radius 3 is 2.24 bits per heavy atom. The van der Waals surface area contributed by atoms with Gasteiger partial charge in [-0.1, -0.05) is 17.7 Å². The van der Waals surface area contributed by atoms with Gasteiger partial charge in [0.15, 0.2) is 0 Å². The normalized spacial score (nSPS) is 15.9. The highest BCUT2D eigenvalue weighted by atomic mass is 32.2. The molecule has 0 radical (unpaired) electrons. The van der Waals surface area contributed by atoms with E-state index in [1.807, 2.05) is 6.92 Å². The van der Waals surface area contributed by atoms with Gasteiger partial charge >= 0.3 is 6.61 Å². The topological polar surface area (TPSA) is 66.9 Å². The SMILES string of the molecule is Cc1ccc(S(=O)(=O)N2CCCN(C(=O)c3ccc(OC(F)F)cc3)CC2)cc1. The number of aryl methyl sites for hydroxylation is 1. The fourth-order valence-electron chi connectivity index (χ4n) is 3.16. The lowest BCUT2D eigenvalue weighted by Gasteiger charge is -2.22. The van der Waals surface area contributed by atoms with Crippen LogP contribution in [-0.4, -0.2) is 56.3 Å². The van der Waals surface area contributed by atoms with E-state index in [0.717, 1.165) is 5.56 Å². The first kappa shape index (κ1) is 21.2. The van der Waals surface area contributed by atoms with Gasteiger partial charge < -0.3 is 9.64 Å². The third kappa shape index (κ3) is 5.10. The Balaban J connectivity index is 1.67. The minimum atomic E-state index is -3.63. The number of nitrogens with zero attached hydrogens (tertiary/aromatic N) is 2. The molecular formula is C20H22F2N2O4S. The van der Waals surface area contributed by atoms with Crippen molar-refractivity contribution in [3.63, 3.8) is 0 Å². The molecule has 9 heteroatoms. The summed E-state index contributed by atoms with van der Waals surface area (Å²) in [5.41, 5.74) is 1.31. The molecule has 1 aliphatic heterocycles. The molecule has 0 bridgehead atoms. The number of rotatable bonds is 5. The van der Waals surface area contributed by atoms with E-state index in [1.165, 1.54) is 28.6 Å². The predicted octanol–water partition coefficient (Wildman–Crippen LogP) is 3.13. The van der Waals surface area contributed by atoms with Crippen LogP contribution in [0.5, 0.6) is 5.75 Å². The Labute approximate surface area is 168 Å². The van der Waals surface area contributed by atoms with Gasteiger partial charge in [0.25, 0.3) is 5.91 Å². The lowest BCUT2D eigenvalue weighted by molar-refractivity contribution is -0.0498. The van der Waals surface area contributed by atoms with Gasteiger partial charge in [0.05, 0.1) is 4.90 Å². The van der Waals surface area contributed by atoms with E-state index < -0.39 is 16.6 Å². The van der Waals surface area contributed by atoms with Gasteiger partial charge in [0, 0.05) is 31.7 Å². The third-order valence-corrected chi connectivity index (χ3v) is 6.64. The molecule has 6 nitrogen and oxygen atoms in total. The van der Waals surface area contributed by atoms with E-state index in [-0.39, 0.29) is 29.6 Å². The van der Waals surface area contributed by atoms with Crippen molar-refractivity contribution in [2.24, 2.45) is 0 Å². The molecule has 0 aliphatic carbocycles. The van der Waals surface area contributed by atoms with E-state index in [0.29, 0.717) is 25.1 Å². The highest BCUT2D eigenvalue weighted by Gasteiger charge is 2.28. The molecule has 0 atom stereocenters. The second-order valence-electron chi connectivity index (χ2n) is 6.77. The fourth-order valence-corrected chi connectivity index (χ4v) is 4.63. The standard InChI is InChI=1S/C20H22F2N2O4S/c1-15-3-9-18(10-4-15)29(26,27)24-12-2-11-23(13-14-24)19(25)16-5-7-17(8-6-16)28-20(21)22/h3-10,20H,2,11-14H2,1H3. The summed E-state index contributed by atoms with van der Waals surface area (Å²) in [5.74, 6) is -0.300. The van der Waals surface area contributed by atoms with Crippen LogP contribution in [0.3, 0.4) is 0 Å². The van der Waals surface area contributed by atoms with Crippen molar-refractivity contribution in [2.75, 3.05) is 26.2 Å². The summed E-state index contributed by atoms with van der Waals surface area (Å²) >= 11 is 0. The molecule has 0 unspecified atom stereocenters. The quantitative estimate of drug-likeness (QED) is 0.740. The highest BCUT2D eigenvalue weighted by Crippen LogP contribution is 2.20. The molecule has 1 fully saturated rings. The molecule has 2 aromatic carbocycles. The van der Waals surface area contributed by atoms with Crippen molar-refractivity contribution in [1.82, 2.24) is 9.21 Å². The zero-order valence-corrected chi connectivity index (χ0v) is 16.7. The average Bonchev–Trinajstić information content (AvgIpc) is 2.95. The van der Waals surface area contributed by atoms with Crippen molar-refractivity contribution in [2.45, 2.75) is 24.9 Å². The fraction of sp³-hybridized carbons (Fsp3) is 0.350. The van der Waals surface area contributed by atoms with Crippen molar-refractivity contribution in [3.8, 4) is 5.75 Å². The van der Waals surface area contributed by atoms with Crippen LogP contribution in [0, 0.1) is 6.92 Å². The Hall–Kier alpha value is -2.52. The van der Waals surface area contributed by atoms with Crippen molar-refractivity contribution >= 4 is 15.9 Å². The number of halogens is 2. The molecule has 2 aromatic rings. The van der Waals surface area contributed by atoms with Crippen LogP contribution in [0.2, 0.25) is 0 Å². The molecule has 1 aliphatic rings. The maximum absolute atomic E-state index is 12.9. The van der Waals surface area contributed by atoms with E-state index in [2.05, 4.69) is 4.74 Å². The molecule has 156 valence electrons. The molecule has 0 saturated carbocycles. The third-order valence-electron chi connectivity index (χ3n) is 4.73. The van der Waals surface area contributed by atoms with Crippen LogP contribution in [0.1, 0.15) is 22.3 Å². The number of amides is 1. The monoisotopic (exact) mass is 424 g/mol. The van der Waals surface area contributed by atoms with Gasteiger partial charge in [-0.3, -0.25) is 4.79 Å². The van der Waals surface area contributed by atoms with Gasteiger partial charge in [0.2, 0.25) is 10.0 Å². The van der Waals surface area contributed by atoms with Gasteiger partial charge in [-0.2, -0.15) is 13.1 Å². The van der Waals surface area contributed by atoms with Crippen molar-refractivity contribution in [3.05, 3.63) is 59.7 Å². The first-order chi connectivity index (χ1) is 13.8. The molecular weight excluding hydrogens is 402 g/mol. The molecule has 29 heavy (non-hydrogen) atoms. The number of carbonyl (C=O) groups excluding carboxylic acids is 1. The number of benzene rings is 2. The molecule has 1 saturated heterocycles. The van der Waals surface area contributed by atoms with Gasteiger partial charge in [0.1, 0.15) is 5.75 Å². The molecule has 0 aromatic heterocycles. The summed E-state index contributed by atoms with van der Waals surface area (Å²) in [5, 5.41) is 0. The summed E-state index contributed by atoms with van der Waals surface area (Å²) in [6, 6.07) is 12.1. The predicted molar refractivity (Wildman–Crippen MR) is 104 cm³/mol. The lowest BCUT2D eigenvalue weighted by Crippen LogP contribution is -2.37. The van der Waals surface area contributed by atoms with Crippen LogP contribution in [-0.2, 0) is 10.0 Å². The van der Waals surface area contributed by atoms with Crippen LogP contribution in [0.15, 0.2) is 53.4 Å². The minimum absolute atomic E-state index is 0.0252. The summed E-state index contributed by atoms with van der Waals surface area (Å²) in [6.07, 6.45) is 0.503. The number of sulfonamides is 1. The van der Waals surface area contributed by atoms with Crippen LogP contribution < -0.4 is 4.74 Å². The van der Waals surface area contributed by atoms with Crippen LogP contribution in [0.4, 0.5) is 8.78 Å². The zero-order chi connectivity index (χ0) is 21.0. The Morgan fingerprint density at radius 2 is 1.62 bits per heavy atom. The molecule has 1 heterocycles. The lowest BCUT2D eigenvalue weighted by atomic mass is 10.2. The summed E-state index contributed by atoms with van der Waals surface area (Å²) < 4.78 is 55.9. The largest absolute Gasteiger partial charge is 0.435 e. The first-order valence-electron chi connectivity index (χ1n) is 9.18. The van der Waals surface area contributed by atoms with Gasteiger partial charge in [-0.15, -0.1) is 0 Å². The van der Waals surface area contributed by atoms with Gasteiger partial charge in [-0.25, -0.2) is 8.42 Å². The van der Waals surface area contributed by atoms with Crippen molar-refractivity contribution in [1.29, 1.82) is 0 Å². The Kier molecular flexibility index (Phi) is 6.49. The van der Waals surface area contributed by atoms with E-state index >= 15 is 0 Å². The van der Waals surface area contributed by atoms with Crippen LogP contribution in [0.25, 0.3) is 0 Å². The molecule has 0 N–H and O–H groups in total. The second kappa shape index (κ2) is 8.87. The second-order valence-corrected chi connectivity index (χ2v) is 8.70. The number of alkyl halides is 2. The maximum atomic E-state index is 12.9. The van der Waals surface area contributed by atoms with Crippen molar-refractivity contribution < 1.29 is 26.7 Å². The number of hydrogen-bond donors (Lipinski definition) is 0. The van der Waals surface area contributed by atoms with Gasteiger partial charge in [-0.05, 0) is 49.7 Å². The molecule has 3 rings (SSSR count). The summed E-state index contributed by atoms with van der Waals surface area (Å²) in [7, 11) is -3.63. The minimum Gasteiger partial charge on any atom is -0.435 e.